The Morgan fingerprint density at radius 3 is 2.45 bits per heavy atom. The third-order valence-corrected chi connectivity index (χ3v) is 3.56. The van der Waals surface area contributed by atoms with Gasteiger partial charge >= 0.3 is 0 Å². The maximum atomic E-state index is 6.21. The molecule has 3 rings (SSSR count). The zero-order valence-corrected chi connectivity index (χ0v) is 12.1. The fourth-order valence-electron chi connectivity index (χ4n) is 2.33. The van der Waals surface area contributed by atoms with Crippen LogP contribution in [0.25, 0.3) is 22.4 Å². The van der Waals surface area contributed by atoms with Gasteiger partial charge in [0.1, 0.15) is 5.82 Å². The monoisotopic (exact) mass is 265 g/mol. The van der Waals surface area contributed by atoms with E-state index in [1.807, 2.05) is 36.4 Å². The lowest BCUT2D eigenvalue weighted by Crippen LogP contribution is -2.11. The van der Waals surface area contributed by atoms with Crippen LogP contribution in [0, 0.1) is 0 Å². The molecular formula is C17H19N3. The van der Waals surface area contributed by atoms with Crippen molar-refractivity contribution in [2.24, 2.45) is 0 Å². The number of hydrogen-bond acceptors (Lipinski definition) is 2. The quantitative estimate of drug-likeness (QED) is 0.650. The number of H-pyrrole nitrogens is 1. The summed E-state index contributed by atoms with van der Waals surface area (Å²) < 4.78 is 0. The molecule has 3 N–H and O–H groups in total. The third-order valence-electron chi connectivity index (χ3n) is 3.56. The topological polar surface area (TPSA) is 54.7 Å². The van der Waals surface area contributed by atoms with Crippen LogP contribution in [-0.2, 0) is 5.41 Å². The number of imidazole rings is 1. The average Bonchev–Trinajstić information content (AvgIpc) is 2.80. The van der Waals surface area contributed by atoms with E-state index >= 15 is 0 Å². The Hall–Kier alpha value is -2.29. The number of anilines is 1. The van der Waals surface area contributed by atoms with Crippen LogP contribution in [0.5, 0.6) is 0 Å². The van der Waals surface area contributed by atoms with Crippen LogP contribution in [-0.4, -0.2) is 9.97 Å². The molecule has 1 heterocycles. The summed E-state index contributed by atoms with van der Waals surface area (Å²) in [6.45, 7) is 6.55. The van der Waals surface area contributed by atoms with E-state index < -0.39 is 0 Å². The van der Waals surface area contributed by atoms with Gasteiger partial charge in [0.25, 0.3) is 0 Å². The fourth-order valence-corrected chi connectivity index (χ4v) is 2.33. The highest BCUT2D eigenvalue weighted by atomic mass is 14.9. The summed E-state index contributed by atoms with van der Waals surface area (Å²) in [6.07, 6.45) is 0. The molecule has 20 heavy (non-hydrogen) atoms. The van der Waals surface area contributed by atoms with Crippen LogP contribution in [0.3, 0.4) is 0 Å². The van der Waals surface area contributed by atoms with Crippen molar-refractivity contribution in [2.75, 3.05) is 5.73 Å². The minimum atomic E-state index is 0.0977. The number of nitrogens with two attached hydrogens (primary N) is 1. The molecule has 0 saturated carbocycles. The van der Waals surface area contributed by atoms with Crippen molar-refractivity contribution < 1.29 is 0 Å². The Morgan fingerprint density at radius 2 is 1.80 bits per heavy atom. The number of nitrogens with one attached hydrogen (secondary N) is 1. The van der Waals surface area contributed by atoms with E-state index in [2.05, 4.69) is 36.8 Å². The first-order chi connectivity index (χ1) is 9.45. The first-order valence-corrected chi connectivity index (χ1v) is 6.80. The van der Waals surface area contributed by atoms with Crippen molar-refractivity contribution in [2.45, 2.75) is 26.2 Å². The zero-order chi connectivity index (χ0) is 14.3. The molecule has 0 spiro atoms. The highest BCUT2D eigenvalue weighted by molar-refractivity contribution is 5.82. The summed E-state index contributed by atoms with van der Waals surface area (Å²) in [5.74, 6) is 0.823. The number of nitrogens with zero attached hydrogens (tertiary/aromatic N) is 1. The Bertz CT molecular complexity index is 730. The number of para-hydroxylation sites is 2. The summed E-state index contributed by atoms with van der Waals surface area (Å²) in [5, 5.41) is 0. The van der Waals surface area contributed by atoms with E-state index in [0.717, 1.165) is 28.1 Å². The molecule has 0 aliphatic heterocycles. The molecule has 0 aliphatic carbocycles. The standard InChI is InChI=1S/C17H19N3/c1-17(2,3)11-8-9-12(13(18)10-11)16-19-14-6-4-5-7-15(14)20-16/h4-10H,18H2,1-3H3,(H,19,20). The van der Waals surface area contributed by atoms with Crippen molar-refractivity contribution in [1.82, 2.24) is 9.97 Å². The van der Waals surface area contributed by atoms with Gasteiger partial charge in [-0.05, 0) is 35.2 Å². The second kappa shape index (κ2) is 4.37. The van der Waals surface area contributed by atoms with Crippen LogP contribution in [0.4, 0.5) is 5.69 Å². The number of benzene rings is 2. The number of fused-ring (bicyclic) bond motifs is 1. The van der Waals surface area contributed by atoms with Crippen molar-refractivity contribution in [3.05, 3.63) is 48.0 Å². The largest absolute Gasteiger partial charge is 0.398 e. The van der Waals surface area contributed by atoms with Gasteiger partial charge in [0.2, 0.25) is 0 Å². The zero-order valence-electron chi connectivity index (χ0n) is 12.1. The number of rotatable bonds is 1. The van der Waals surface area contributed by atoms with Crippen LogP contribution >= 0.6 is 0 Å². The molecular weight excluding hydrogens is 246 g/mol. The van der Waals surface area contributed by atoms with Gasteiger partial charge < -0.3 is 10.7 Å². The summed E-state index contributed by atoms with van der Waals surface area (Å²) >= 11 is 0. The summed E-state index contributed by atoms with van der Waals surface area (Å²) in [5.41, 5.74) is 11.2. The molecule has 2 aromatic carbocycles. The minimum absolute atomic E-state index is 0.0977. The SMILES string of the molecule is CC(C)(C)c1ccc(-c2nc3ccccc3[nH]2)c(N)c1. The van der Waals surface area contributed by atoms with Crippen molar-refractivity contribution >= 4 is 16.7 Å². The lowest BCUT2D eigenvalue weighted by atomic mass is 9.86. The minimum Gasteiger partial charge on any atom is -0.398 e. The smallest absolute Gasteiger partial charge is 0.140 e. The van der Waals surface area contributed by atoms with Gasteiger partial charge in [0.05, 0.1) is 11.0 Å². The second-order valence-corrected chi connectivity index (χ2v) is 6.15. The van der Waals surface area contributed by atoms with E-state index in [1.165, 1.54) is 5.56 Å². The Balaban J connectivity index is 2.10. The van der Waals surface area contributed by atoms with Gasteiger partial charge in [0, 0.05) is 11.3 Å². The van der Waals surface area contributed by atoms with E-state index in [4.69, 9.17) is 5.73 Å². The predicted octanol–water partition coefficient (Wildman–Crippen LogP) is 4.11. The molecule has 0 fully saturated rings. The maximum Gasteiger partial charge on any atom is 0.140 e. The summed E-state index contributed by atoms with van der Waals surface area (Å²) in [4.78, 5) is 7.92. The number of nitrogen functional groups attached to an aromatic ring is 1. The first-order valence-electron chi connectivity index (χ1n) is 6.80. The second-order valence-electron chi connectivity index (χ2n) is 6.15. The van der Waals surface area contributed by atoms with Crippen LogP contribution < -0.4 is 5.73 Å². The Labute approximate surface area is 118 Å². The van der Waals surface area contributed by atoms with E-state index in [1.54, 1.807) is 0 Å². The van der Waals surface area contributed by atoms with E-state index in [-0.39, 0.29) is 5.41 Å². The molecule has 102 valence electrons. The molecule has 0 unspecified atom stereocenters. The lowest BCUT2D eigenvalue weighted by molar-refractivity contribution is 0.590. The first kappa shape index (κ1) is 12.7. The molecule has 0 bridgehead atoms. The highest BCUT2D eigenvalue weighted by Crippen LogP contribution is 2.30. The molecule has 0 atom stereocenters. The van der Waals surface area contributed by atoms with Crippen LogP contribution in [0.2, 0.25) is 0 Å². The van der Waals surface area contributed by atoms with Crippen molar-refractivity contribution in [3.8, 4) is 11.4 Å². The number of aromatic nitrogens is 2. The summed E-state index contributed by atoms with van der Waals surface area (Å²) in [6, 6.07) is 14.2. The van der Waals surface area contributed by atoms with Crippen molar-refractivity contribution in [3.63, 3.8) is 0 Å². The van der Waals surface area contributed by atoms with Gasteiger partial charge in [-0.15, -0.1) is 0 Å². The van der Waals surface area contributed by atoms with Crippen LogP contribution in [0.15, 0.2) is 42.5 Å². The number of aromatic amines is 1. The fraction of sp³-hybridized carbons (Fsp3) is 0.235. The average molecular weight is 265 g/mol. The molecule has 0 amide bonds. The van der Waals surface area contributed by atoms with Crippen LogP contribution in [0.1, 0.15) is 26.3 Å². The van der Waals surface area contributed by atoms with E-state index in [9.17, 15) is 0 Å². The maximum absolute atomic E-state index is 6.21. The van der Waals surface area contributed by atoms with Gasteiger partial charge in [-0.3, -0.25) is 0 Å². The van der Waals surface area contributed by atoms with Gasteiger partial charge in [0.15, 0.2) is 0 Å². The normalized spacial score (nSPS) is 11.9. The van der Waals surface area contributed by atoms with E-state index in [0.29, 0.717) is 0 Å². The molecule has 3 heteroatoms. The molecule has 3 nitrogen and oxygen atoms in total. The predicted molar refractivity (Wildman–Crippen MR) is 84.6 cm³/mol. The third kappa shape index (κ3) is 2.16. The molecule has 3 aromatic rings. The van der Waals surface area contributed by atoms with Gasteiger partial charge in [-0.2, -0.15) is 0 Å². The van der Waals surface area contributed by atoms with Crippen molar-refractivity contribution in [1.29, 1.82) is 0 Å². The molecule has 0 saturated heterocycles. The Morgan fingerprint density at radius 1 is 1.05 bits per heavy atom. The lowest BCUT2D eigenvalue weighted by Gasteiger charge is -2.20. The molecule has 0 radical (unpaired) electrons. The Kier molecular flexibility index (Phi) is 2.78. The van der Waals surface area contributed by atoms with Gasteiger partial charge in [-0.1, -0.05) is 39.0 Å². The molecule has 0 aliphatic rings. The van der Waals surface area contributed by atoms with Gasteiger partial charge in [-0.25, -0.2) is 4.98 Å². The molecule has 1 aromatic heterocycles. The number of hydrogen-bond donors (Lipinski definition) is 2. The highest BCUT2D eigenvalue weighted by Gasteiger charge is 2.16. The summed E-state index contributed by atoms with van der Waals surface area (Å²) in [7, 11) is 0.